The molecule has 33 heavy (non-hydrogen) atoms. The molecule has 0 aliphatic carbocycles. The van der Waals surface area contributed by atoms with E-state index >= 15 is 0 Å². The Bertz CT molecular complexity index is 1430. The van der Waals surface area contributed by atoms with Gasteiger partial charge in [-0.3, -0.25) is 0 Å². The van der Waals surface area contributed by atoms with E-state index in [0.29, 0.717) is 0 Å². The van der Waals surface area contributed by atoms with E-state index in [9.17, 15) is 0 Å². The molecule has 3 aromatic carbocycles. The Morgan fingerprint density at radius 2 is 1.33 bits per heavy atom. The number of benzene rings is 3. The highest BCUT2D eigenvalue weighted by molar-refractivity contribution is 7.21. The Balaban J connectivity index is 1.53. The van der Waals surface area contributed by atoms with Gasteiger partial charge in [-0.25, -0.2) is 9.97 Å². The van der Waals surface area contributed by atoms with E-state index in [1.54, 1.807) is 22.7 Å². The first-order valence-corrected chi connectivity index (χ1v) is 12.6. The van der Waals surface area contributed by atoms with E-state index in [4.69, 9.17) is 9.97 Å². The van der Waals surface area contributed by atoms with Crippen molar-refractivity contribution < 1.29 is 0 Å². The summed E-state index contributed by atoms with van der Waals surface area (Å²) in [4.78, 5) is 12.3. The lowest BCUT2D eigenvalue weighted by Gasteiger charge is -2.23. The summed E-state index contributed by atoms with van der Waals surface area (Å²) < 4.78 is 2.38. The van der Waals surface area contributed by atoms with Crippen LogP contribution in [0.15, 0.2) is 90.6 Å². The third kappa shape index (κ3) is 3.31. The predicted octanol–water partition coefficient (Wildman–Crippen LogP) is 7.65. The third-order valence-electron chi connectivity index (χ3n) is 6.40. The highest BCUT2D eigenvalue weighted by Gasteiger charge is 2.37. The average Bonchev–Trinajstić information content (AvgIpc) is 3.49. The van der Waals surface area contributed by atoms with Crippen LogP contribution in [0.5, 0.6) is 0 Å². The Morgan fingerprint density at radius 3 is 1.91 bits per heavy atom. The fourth-order valence-electron chi connectivity index (χ4n) is 4.67. The third-order valence-corrected chi connectivity index (χ3v) is 8.54. The van der Waals surface area contributed by atoms with Gasteiger partial charge in [0.05, 0.1) is 20.4 Å². The standard InChI is InChI=1S/C28H23N3S2/c1-28(2)19-10-4-7-13-22(19)31(3)25(28)17-16-18(26-29-20-11-5-8-14-23(20)32-26)27-30-21-12-6-9-15-24(21)33-27/h4-17H,1-3H3. The highest BCUT2D eigenvalue weighted by Crippen LogP contribution is 2.47. The van der Waals surface area contributed by atoms with Crippen molar-refractivity contribution >= 4 is 54.4 Å². The molecule has 0 radical (unpaired) electrons. The molecule has 0 bridgehead atoms. The number of hydrogen-bond donors (Lipinski definition) is 0. The van der Waals surface area contributed by atoms with Crippen molar-refractivity contribution in [1.82, 2.24) is 9.97 Å². The van der Waals surface area contributed by atoms with Crippen LogP contribution in [0.4, 0.5) is 5.69 Å². The van der Waals surface area contributed by atoms with Crippen LogP contribution in [-0.2, 0) is 5.41 Å². The van der Waals surface area contributed by atoms with Gasteiger partial charge in [0, 0.05) is 29.4 Å². The smallest absolute Gasteiger partial charge is 0.127 e. The van der Waals surface area contributed by atoms with Crippen LogP contribution in [0, 0.1) is 0 Å². The maximum absolute atomic E-state index is 4.97. The number of nitrogens with zero attached hydrogens (tertiary/aromatic N) is 3. The van der Waals surface area contributed by atoms with E-state index in [0.717, 1.165) is 26.6 Å². The van der Waals surface area contributed by atoms with Gasteiger partial charge < -0.3 is 4.90 Å². The zero-order valence-electron chi connectivity index (χ0n) is 18.7. The molecule has 5 heteroatoms. The molecule has 0 N–H and O–H groups in total. The minimum atomic E-state index is -0.0753. The Morgan fingerprint density at radius 1 is 0.788 bits per heavy atom. The molecule has 0 saturated heterocycles. The van der Waals surface area contributed by atoms with Gasteiger partial charge in [-0.05, 0) is 48.0 Å². The molecular weight excluding hydrogens is 442 g/mol. The molecule has 1 aliphatic heterocycles. The molecule has 0 unspecified atom stereocenters. The zero-order valence-corrected chi connectivity index (χ0v) is 20.4. The number of anilines is 1. The number of fused-ring (bicyclic) bond motifs is 3. The highest BCUT2D eigenvalue weighted by atomic mass is 32.1. The Hall–Kier alpha value is -3.28. The molecule has 0 amide bonds. The largest absolute Gasteiger partial charge is 0.347 e. The molecule has 0 fully saturated rings. The number of thiazole rings is 2. The minimum Gasteiger partial charge on any atom is -0.347 e. The number of hydrogen-bond acceptors (Lipinski definition) is 5. The number of allylic oxidation sites excluding steroid dienone is 3. The summed E-state index contributed by atoms with van der Waals surface area (Å²) in [5.41, 5.74) is 6.95. The average molecular weight is 466 g/mol. The van der Waals surface area contributed by atoms with Crippen LogP contribution in [-0.4, -0.2) is 17.0 Å². The second-order valence-electron chi connectivity index (χ2n) is 8.81. The summed E-state index contributed by atoms with van der Waals surface area (Å²) in [5.74, 6) is 0. The van der Waals surface area contributed by atoms with Crippen molar-refractivity contribution in [3.63, 3.8) is 0 Å². The van der Waals surface area contributed by atoms with Crippen molar-refractivity contribution in [1.29, 1.82) is 0 Å². The lowest BCUT2D eigenvalue weighted by molar-refractivity contribution is 0.640. The predicted molar refractivity (Wildman–Crippen MR) is 142 cm³/mol. The van der Waals surface area contributed by atoms with Gasteiger partial charge in [-0.2, -0.15) is 0 Å². The van der Waals surface area contributed by atoms with Crippen LogP contribution in [0.1, 0.15) is 29.4 Å². The summed E-state index contributed by atoms with van der Waals surface area (Å²) in [6, 6.07) is 25.3. The first-order valence-electron chi connectivity index (χ1n) is 11.0. The maximum atomic E-state index is 4.97. The summed E-state index contributed by atoms with van der Waals surface area (Å²) in [6.07, 6.45) is 4.47. The van der Waals surface area contributed by atoms with Crippen LogP contribution in [0.3, 0.4) is 0 Å². The first kappa shape index (κ1) is 20.3. The number of likely N-dealkylation sites (N-methyl/N-ethyl adjacent to an activating group) is 1. The first-order chi connectivity index (χ1) is 16.0. The molecule has 1 aliphatic rings. The van der Waals surface area contributed by atoms with Gasteiger partial charge >= 0.3 is 0 Å². The van der Waals surface area contributed by atoms with Gasteiger partial charge in [0.1, 0.15) is 10.0 Å². The summed E-state index contributed by atoms with van der Waals surface area (Å²) in [7, 11) is 2.16. The normalized spacial score (nSPS) is 16.0. The number of aromatic nitrogens is 2. The van der Waals surface area contributed by atoms with Gasteiger partial charge in [0.2, 0.25) is 0 Å². The molecular formula is C28H23N3S2. The van der Waals surface area contributed by atoms with E-state index in [2.05, 4.69) is 98.6 Å². The topological polar surface area (TPSA) is 29.0 Å². The Kier molecular flexibility index (Phi) is 4.71. The van der Waals surface area contributed by atoms with Crippen molar-refractivity contribution in [3.05, 3.63) is 106 Å². The van der Waals surface area contributed by atoms with E-state index in [-0.39, 0.29) is 5.41 Å². The van der Waals surface area contributed by atoms with Crippen molar-refractivity contribution in [2.75, 3.05) is 11.9 Å². The van der Waals surface area contributed by atoms with Gasteiger partial charge in [-0.15, -0.1) is 22.7 Å². The SMILES string of the molecule is CN1C(=CC=C(c2nc3ccccc3s2)c2nc3ccccc3s2)C(C)(C)c2ccccc21. The quantitative estimate of drug-likeness (QED) is 0.274. The van der Waals surface area contributed by atoms with E-state index in [1.807, 2.05) is 12.1 Å². The molecule has 5 aromatic rings. The van der Waals surface area contributed by atoms with E-state index < -0.39 is 0 Å². The summed E-state index contributed by atoms with van der Waals surface area (Å²) in [5, 5.41) is 2.01. The molecule has 0 saturated carbocycles. The lowest BCUT2D eigenvalue weighted by atomic mass is 9.83. The molecule has 6 rings (SSSR count). The number of para-hydroxylation sites is 3. The van der Waals surface area contributed by atoms with Crippen molar-refractivity contribution in [2.45, 2.75) is 19.3 Å². The molecule has 0 atom stereocenters. The lowest BCUT2D eigenvalue weighted by Crippen LogP contribution is -2.22. The van der Waals surface area contributed by atoms with Crippen LogP contribution >= 0.6 is 22.7 Å². The molecule has 162 valence electrons. The minimum absolute atomic E-state index is 0.0753. The monoisotopic (exact) mass is 465 g/mol. The Labute approximate surface area is 201 Å². The fraction of sp³-hybridized carbons (Fsp3) is 0.143. The van der Waals surface area contributed by atoms with Crippen molar-refractivity contribution in [2.24, 2.45) is 0 Å². The maximum Gasteiger partial charge on any atom is 0.127 e. The van der Waals surface area contributed by atoms with Gasteiger partial charge in [-0.1, -0.05) is 56.3 Å². The molecule has 0 spiro atoms. The fourth-order valence-corrected chi connectivity index (χ4v) is 6.72. The molecule has 2 aromatic heterocycles. The molecule has 3 nitrogen and oxygen atoms in total. The summed E-state index contributed by atoms with van der Waals surface area (Å²) in [6.45, 7) is 4.59. The second-order valence-corrected chi connectivity index (χ2v) is 10.9. The zero-order chi connectivity index (χ0) is 22.6. The van der Waals surface area contributed by atoms with Crippen LogP contribution < -0.4 is 4.90 Å². The van der Waals surface area contributed by atoms with Gasteiger partial charge in [0.25, 0.3) is 0 Å². The summed E-state index contributed by atoms with van der Waals surface area (Å²) >= 11 is 3.45. The van der Waals surface area contributed by atoms with Gasteiger partial charge in [0.15, 0.2) is 0 Å². The van der Waals surface area contributed by atoms with Crippen LogP contribution in [0.25, 0.3) is 26.0 Å². The van der Waals surface area contributed by atoms with Crippen LogP contribution in [0.2, 0.25) is 0 Å². The van der Waals surface area contributed by atoms with Crippen molar-refractivity contribution in [3.8, 4) is 0 Å². The number of rotatable bonds is 3. The van der Waals surface area contributed by atoms with E-state index in [1.165, 1.54) is 26.3 Å². The second kappa shape index (κ2) is 7.65. The molecule has 3 heterocycles.